The van der Waals surface area contributed by atoms with Gasteiger partial charge in [0.25, 0.3) is 0 Å². The molecule has 1 unspecified atom stereocenters. The maximum absolute atomic E-state index is 5.89. The Balaban J connectivity index is 1.71. The Morgan fingerprint density at radius 2 is 2.15 bits per heavy atom. The first-order valence-electron chi connectivity index (χ1n) is 8.36. The number of nitrogens with one attached hydrogen (secondary N) is 1. The van der Waals surface area contributed by atoms with Crippen molar-refractivity contribution >= 4 is 0 Å². The molecule has 1 aromatic carbocycles. The van der Waals surface area contributed by atoms with Crippen molar-refractivity contribution in [1.82, 2.24) is 5.32 Å². The Hall–Kier alpha value is -1.02. The second-order valence-electron chi connectivity index (χ2n) is 6.27. The van der Waals surface area contributed by atoms with Crippen molar-refractivity contribution in [2.75, 3.05) is 13.2 Å². The topological polar surface area (TPSA) is 21.3 Å². The Morgan fingerprint density at radius 1 is 1.30 bits per heavy atom. The molecule has 2 aliphatic rings. The highest BCUT2D eigenvalue weighted by Gasteiger charge is 2.23. The minimum absolute atomic E-state index is 0.466. The molecule has 1 fully saturated rings. The highest BCUT2D eigenvalue weighted by molar-refractivity contribution is 5.45. The first-order valence-corrected chi connectivity index (χ1v) is 8.36. The van der Waals surface area contributed by atoms with Gasteiger partial charge in [-0.1, -0.05) is 50.8 Å². The van der Waals surface area contributed by atoms with Gasteiger partial charge in [-0.2, -0.15) is 0 Å². The second-order valence-corrected chi connectivity index (χ2v) is 6.27. The van der Waals surface area contributed by atoms with E-state index in [0.29, 0.717) is 6.04 Å². The van der Waals surface area contributed by atoms with E-state index in [1.54, 1.807) is 0 Å². The van der Waals surface area contributed by atoms with Crippen molar-refractivity contribution in [3.8, 4) is 5.75 Å². The van der Waals surface area contributed by atoms with E-state index in [-0.39, 0.29) is 0 Å². The Bertz CT molecular complexity index is 437. The van der Waals surface area contributed by atoms with E-state index in [9.17, 15) is 0 Å². The van der Waals surface area contributed by atoms with Crippen LogP contribution in [0, 0.1) is 5.92 Å². The molecule has 1 heterocycles. The fourth-order valence-corrected chi connectivity index (χ4v) is 3.83. The number of fused-ring (bicyclic) bond motifs is 1. The first-order chi connectivity index (χ1) is 9.88. The van der Waals surface area contributed by atoms with Gasteiger partial charge in [0.05, 0.1) is 6.61 Å². The molecule has 110 valence electrons. The van der Waals surface area contributed by atoms with Crippen molar-refractivity contribution in [3.05, 3.63) is 29.3 Å². The monoisotopic (exact) mass is 273 g/mol. The highest BCUT2D eigenvalue weighted by atomic mass is 16.5. The molecule has 0 amide bonds. The fourth-order valence-electron chi connectivity index (χ4n) is 3.83. The molecule has 1 saturated carbocycles. The summed E-state index contributed by atoms with van der Waals surface area (Å²) < 4.78 is 5.89. The Morgan fingerprint density at radius 3 is 2.95 bits per heavy atom. The molecule has 3 rings (SSSR count). The summed E-state index contributed by atoms with van der Waals surface area (Å²) in [6, 6.07) is 7.13. The van der Waals surface area contributed by atoms with Crippen molar-refractivity contribution in [2.24, 2.45) is 5.92 Å². The number of para-hydroxylation sites is 1. The van der Waals surface area contributed by atoms with Gasteiger partial charge in [-0.3, -0.25) is 0 Å². The smallest absolute Gasteiger partial charge is 0.127 e. The molecule has 1 aliphatic heterocycles. The van der Waals surface area contributed by atoms with E-state index in [1.807, 2.05) is 0 Å². The first kappa shape index (κ1) is 13.9. The van der Waals surface area contributed by atoms with Crippen LogP contribution in [-0.4, -0.2) is 13.2 Å². The van der Waals surface area contributed by atoms with Crippen LogP contribution in [0.15, 0.2) is 18.2 Å². The van der Waals surface area contributed by atoms with E-state index in [2.05, 4.69) is 30.4 Å². The van der Waals surface area contributed by atoms with Crippen LogP contribution in [0.1, 0.15) is 62.6 Å². The predicted octanol–water partition coefficient (Wildman–Crippen LogP) is 4.24. The molecule has 2 heteroatoms. The summed E-state index contributed by atoms with van der Waals surface area (Å²) in [4.78, 5) is 0. The van der Waals surface area contributed by atoms with E-state index in [4.69, 9.17) is 4.74 Å². The van der Waals surface area contributed by atoms with E-state index in [0.717, 1.165) is 25.5 Å². The van der Waals surface area contributed by atoms with Gasteiger partial charge in [-0.05, 0) is 30.9 Å². The minimum atomic E-state index is 0.466. The van der Waals surface area contributed by atoms with E-state index in [1.165, 1.54) is 55.4 Å². The lowest BCUT2D eigenvalue weighted by atomic mass is 9.93. The summed E-state index contributed by atoms with van der Waals surface area (Å²) in [6.07, 6.45) is 9.47. The van der Waals surface area contributed by atoms with Crippen molar-refractivity contribution in [3.63, 3.8) is 0 Å². The molecule has 0 radical (unpaired) electrons. The molecule has 0 spiro atoms. The molecular formula is C18H27NO. The average molecular weight is 273 g/mol. The third-order valence-corrected chi connectivity index (χ3v) is 4.91. The molecule has 1 atom stereocenters. The van der Waals surface area contributed by atoms with Gasteiger partial charge in [-0.25, -0.2) is 0 Å². The zero-order chi connectivity index (χ0) is 13.8. The van der Waals surface area contributed by atoms with Gasteiger partial charge in [0, 0.05) is 18.0 Å². The summed E-state index contributed by atoms with van der Waals surface area (Å²) in [5, 5.41) is 3.67. The fraction of sp³-hybridized carbons (Fsp3) is 0.667. The van der Waals surface area contributed by atoms with Crippen LogP contribution in [0.25, 0.3) is 0 Å². The van der Waals surface area contributed by atoms with Crippen molar-refractivity contribution in [2.45, 2.75) is 57.9 Å². The summed E-state index contributed by atoms with van der Waals surface area (Å²) in [5.41, 5.74) is 2.78. The lowest BCUT2D eigenvalue weighted by Gasteiger charge is -2.22. The SMILES string of the molecule is CCNC(CCC1CCCC1)c1cccc2c1OCC2. The van der Waals surface area contributed by atoms with Crippen LogP contribution < -0.4 is 10.1 Å². The van der Waals surface area contributed by atoms with Gasteiger partial charge >= 0.3 is 0 Å². The molecule has 0 bridgehead atoms. The highest BCUT2D eigenvalue weighted by Crippen LogP contribution is 2.37. The quantitative estimate of drug-likeness (QED) is 0.837. The largest absolute Gasteiger partial charge is 0.493 e. The summed E-state index contributed by atoms with van der Waals surface area (Å²) in [6.45, 7) is 4.08. The molecular weight excluding hydrogens is 246 g/mol. The van der Waals surface area contributed by atoms with E-state index >= 15 is 0 Å². The third-order valence-electron chi connectivity index (χ3n) is 4.91. The lowest BCUT2D eigenvalue weighted by Crippen LogP contribution is -2.22. The molecule has 20 heavy (non-hydrogen) atoms. The molecule has 0 aromatic heterocycles. The van der Waals surface area contributed by atoms with Crippen molar-refractivity contribution in [1.29, 1.82) is 0 Å². The van der Waals surface area contributed by atoms with Crippen LogP contribution in [0.3, 0.4) is 0 Å². The van der Waals surface area contributed by atoms with Gasteiger partial charge in [-0.15, -0.1) is 0 Å². The third kappa shape index (κ3) is 3.01. The van der Waals surface area contributed by atoms with E-state index < -0.39 is 0 Å². The Labute approximate surface area is 122 Å². The Kier molecular flexibility index (Phi) is 4.62. The van der Waals surface area contributed by atoms with Crippen LogP contribution in [0.2, 0.25) is 0 Å². The standard InChI is InChI=1S/C18H27NO/c1-2-19-17(11-10-14-6-3-4-7-14)16-9-5-8-15-12-13-20-18(15)16/h5,8-9,14,17,19H,2-4,6-7,10-13H2,1H3. The van der Waals surface area contributed by atoms with Crippen LogP contribution in [0.4, 0.5) is 0 Å². The van der Waals surface area contributed by atoms with Gasteiger partial charge in [0.2, 0.25) is 0 Å². The normalized spacial score (nSPS) is 19.9. The minimum Gasteiger partial charge on any atom is -0.493 e. The second kappa shape index (κ2) is 6.62. The summed E-state index contributed by atoms with van der Waals surface area (Å²) in [7, 11) is 0. The number of ether oxygens (including phenoxy) is 1. The number of hydrogen-bond donors (Lipinski definition) is 1. The zero-order valence-corrected chi connectivity index (χ0v) is 12.7. The molecule has 1 N–H and O–H groups in total. The van der Waals surface area contributed by atoms with Crippen LogP contribution >= 0.6 is 0 Å². The number of rotatable bonds is 6. The molecule has 1 aliphatic carbocycles. The van der Waals surface area contributed by atoms with Gasteiger partial charge in [0.15, 0.2) is 0 Å². The van der Waals surface area contributed by atoms with Crippen LogP contribution in [-0.2, 0) is 6.42 Å². The van der Waals surface area contributed by atoms with Gasteiger partial charge < -0.3 is 10.1 Å². The summed E-state index contributed by atoms with van der Waals surface area (Å²) >= 11 is 0. The maximum Gasteiger partial charge on any atom is 0.127 e. The molecule has 0 saturated heterocycles. The maximum atomic E-state index is 5.89. The predicted molar refractivity (Wildman–Crippen MR) is 83.3 cm³/mol. The van der Waals surface area contributed by atoms with Crippen molar-refractivity contribution < 1.29 is 4.74 Å². The van der Waals surface area contributed by atoms with Gasteiger partial charge in [0.1, 0.15) is 5.75 Å². The zero-order valence-electron chi connectivity index (χ0n) is 12.7. The average Bonchev–Trinajstić information content (AvgIpc) is 3.13. The number of hydrogen-bond acceptors (Lipinski definition) is 2. The lowest BCUT2D eigenvalue weighted by molar-refractivity contribution is 0.343. The molecule has 1 aromatic rings. The number of benzene rings is 1. The molecule has 2 nitrogen and oxygen atoms in total. The van der Waals surface area contributed by atoms with Crippen LogP contribution in [0.5, 0.6) is 5.75 Å². The summed E-state index contributed by atoms with van der Waals surface area (Å²) in [5.74, 6) is 2.14.